The summed E-state index contributed by atoms with van der Waals surface area (Å²) in [4.78, 5) is 13.5. The number of hydrogen-bond donors (Lipinski definition) is 0. The fourth-order valence-corrected chi connectivity index (χ4v) is 2.37. The van der Waals surface area contributed by atoms with Crippen LogP contribution in [0.15, 0.2) is 59.7 Å². The maximum absolute atomic E-state index is 11.8. The normalized spacial score (nSPS) is 11.9. The van der Waals surface area contributed by atoms with E-state index in [1.807, 2.05) is 24.9 Å². The van der Waals surface area contributed by atoms with Crippen LogP contribution in [0.2, 0.25) is 0 Å². The maximum atomic E-state index is 11.8. The molecule has 0 bridgehead atoms. The van der Waals surface area contributed by atoms with Gasteiger partial charge in [0.05, 0.1) is 0 Å². The van der Waals surface area contributed by atoms with Gasteiger partial charge in [0.1, 0.15) is 4.90 Å². The Morgan fingerprint density at radius 1 is 1.14 bits per heavy atom. The fraction of sp³-hybridized carbons (Fsp3) is 0.267. The molecule has 0 amide bonds. The summed E-state index contributed by atoms with van der Waals surface area (Å²) in [5.74, 6) is -0.928. The minimum Gasteiger partial charge on any atom is -0.378 e. The monoisotopic (exact) mass is 309 g/mol. The van der Waals surface area contributed by atoms with Crippen LogP contribution in [-0.2, 0) is 19.1 Å². The highest BCUT2D eigenvalue weighted by Gasteiger charge is 2.17. The van der Waals surface area contributed by atoms with Crippen LogP contribution in [0.25, 0.3) is 0 Å². The predicted octanol–water partition coefficient (Wildman–Crippen LogP) is 2.33. The third-order valence-electron chi connectivity index (χ3n) is 2.68. The van der Waals surface area contributed by atoms with Gasteiger partial charge in [-0.05, 0) is 38.3 Å². The Balaban J connectivity index is 2.62. The molecule has 1 aromatic rings. The molecule has 21 heavy (non-hydrogen) atoms. The molecule has 0 aliphatic carbocycles. The number of benzene rings is 1. The van der Waals surface area contributed by atoms with Gasteiger partial charge in [0.15, 0.2) is 0 Å². The molecular weight excluding hydrogens is 290 g/mol. The molecule has 1 rings (SSSR count). The third-order valence-corrected chi connectivity index (χ3v) is 3.91. The van der Waals surface area contributed by atoms with E-state index in [1.165, 1.54) is 18.2 Å². The second-order valence-corrected chi connectivity index (χ2v) is 5.64. The van der Waals surface area contributed by atoms with Gasteiger partial charge < -0.3 is 9.08 Å². The molecule has 0 spiro atoms. The van der Waals surface area contributed by atoms with Crippen molar-refractivity contribution in [1.82, 2.24) is 4.90 Å². The highest BCUT2D eigenvalue weighted by Crippen LogP contribution is 2.11. The zero-order chi connectivity index (χ0) is 15.7. The summed E-state index contributed by atoms with van der Waals surface area (Å²) in [6.45, 7) is 5.73. The average molecular weight is 309 g/mol. The van der Waals surface area contributed by atoms with Crippen LogP contribution in [0.1, 0.15) is 13.8 Å². The lowest BCUT2D eigenvalue weighted by Crippen LogP contribution is -2.14. The number of carbonyl (C=O) groups excluding carboxylic acids is 1. The highest BCUT2D eigenvalue weighted by atomic mass is 32.2. The molecule has 0 aliphatic rings. The minimum atomic E-state index is -4.06. The molecule has 0 saturated carbocycles. The van der Waals surface area contributed by atoms with Gasteiger partial charge >= 0.3 is 16.1 Å². The largest absolute Gasteiger partial charge is 0.378 e. The Morgan fingerprint density at radius 2 is 1.76 bits per heavy atom. The lowest BCUT2D eigenvalue weighted by molar-refractivity contribution is -0.128. The van der Waals surface area contributed by atoms with Crippen molar-refractivity contribution in [2.45, 2.75) is 18.7 Å². The molecule has 1 aromatic carbocycles. The number of carbonyl (C=O) groups is 1. The molecule has 0 aliphatic heterocycles. The molecule has 0 radical (unpaired) electrons. The summed E-state index contributed by atoms with van der Waals surface area (Å²) >= 11 is 0. The van der Waals surface area contributed by atoms with Crippen molar-refractivity contribution in [3.05, 3.63) is 54.8 Å². The van der Waals surface area contributed by atoms with Gasteiger partial charge in [-0.3, -0.25) is 0 Å². The Hall–Kier alpha value is -2.08. The van der Waals surface area contributed by atoms with Crippen molar-refractivity contribution < 1.29 is 17.4 Å². The van der Waals surface area contributed by atoms with Crippen molar-refractivity contribution in [2.75, 3.05) is 13.1 Å². The molecule has 6 heteroatoms. The van der Waals surface area contributed by atoms with Gasteiger partial charge in [-0.2, -0.15) is 8.42 Å². The average Bonchev–Trinajstić information content (AvgIpc) is 2.48. The SMILES string of the molecule is CCN(C=CC=CC(=O)OS(=O)(=O)c1ccccc1)CC. The van der Waals surface area contributed by atoms with E-state index in [1.54, 1.807) is 24.3 Å². The van der Waals surface area contributed by atoms with Gasteiger partial charge in [-0.25, -0.2) is 4.79 Å². The van der Waals surface area contributed by atoms with E-state index in [-0.39, 0.29) is 4.90 Å². The number of rotatable bonds is 7. The van der Waals surface area contributed by atoms with Crippen molar-refractivity contribution in [2.24, 2.45) is 0 Å². The van der Waals surface area contributed by atoms with Crippen LogP contribution in [0.4, 0.5) is 0 Å². The molecule has 0 N–H and O–H groups in total. The first-order valence-corrected chi connectivity index (χ1v) is 8.02. The van der Waals surface area contributed by atoms with Crippen molar-refractivity contribution in [3.63, 3.8) is 0 Å². The molecule has 0 fully saturated rings. The van der Waals surface area contributed by atoms with Gasteiger partial charge in [0, 0.05) is 19.2 Å². The topological polar surface area (TPSA) is 63.7 Å². The van der Waals surface area contributed by atoms with E-state index < -0.39 is 16.1 Å². The molecular formula is C15H19NO4S. The minimum absolute atomic E-state index is 0.0505. The standard InChI is InChI=1S/C15H19NO4S/c1-3-16(4-2)13-9-8-12-15(17)20-21(18,19)14-10-6-5-7-11-14/h5-13H,3-4H2,1-2H3. The molecule has 5 nitrogen and oxygen atoms in total. The van der Waals surface area contributed by atoms with E-state index in [0.29, 0.717) is 0 Å². The van der Waals surface area contributed by atoms with Gasteiger partial charge in [-0.1, -0.05) is 24.3 Å². The molecule has 0 aromatic heterocycles. The second kappa shape index (κ2) is 8.26. The quantitative estimate of drug-likeness (QED) is 0.439. The summed E-state index contributed by atoms with van der Waals surface area (Å²) < 4.78 is 28.0. The Labute approximate surface area is 125 Å². The molecule has 0 saturated heterocycles. The van der Waals surface area contributed by atoms with Crippen LogP contribution < -0.4 is 0 Å². The van der Waals surface area contributed by atoms with Gasteiger partial charge in [0.25, 0.3) is 0 Å². The Kier molecular flexibility index (Phi) is 6.68. The molecule has 0 atom stereocenters. The number of hydrogen-bond acceptors (Lipinski definition) is 5. The Morgan fingerprint density at radius 3 is 2.33 bits per heavy atom. The lowest BCUT2D eigenvalue weighted by Gasteiger charge is -2.13. The van der Waals surface area contributed by atoms with E-state index in [0.717, 1.165) is 19.2 Å². The third kappa shape index (κ3) is 5.83. The first-order valence-electron chi connectivity index (χ1n) is 6.62. The van der Waals surface area contributed by atoms with Crippen LogP contribution in [-0.4, -0.2) is 32.4 Å². The van der Waals surface area contributed by atoms with E-state index in [2.05, 4.69) is 4.18 Å². The first kappa shape index (κ1) is 17.0. The summed E-state index contributed by atoms with van der Waals surface area (Å²) in [6, 6.07) is 7.53. The maximum Gasteiger partial charge on any atom is 0.346 e. The zero-order valence-electron chi connectivity index (χ0n) is 12.1. The fourth-order valence-electron chi connectivity index (χ4n) is 1.51. The smallest absolute Gasteiger partial charge is 0.346 e. The van der Waals surface area contributed by atoms with Crippen LogP contribution in [0.5, 0.6) is 0 Å². The van der Waals surface area contributed by atoms with Gasteiger partial charge in [0.2, 0.25) is 0 Å². The van der Waals surface area contributed by atoms with Crippen molar-refractivity contribution in [3.8, 4) is 0 Å². The zero-order valence-corrected chi connectivity index (χ0v) is 12.9. The number of nitrogens with zero attached hydrogens (tertiary/aromatic N) is 1. The summed E-state index contributed by atoms with van der Waals surface area (Å²) in [5.41, 5.74) is 0. The van der Waals surface area contributed by atoms with Crippen molar-refractivity contribution in [1.29, 1.82) is 0 Å². The van der Waals surface area contributed by atoms with Crippen LogP contribution in [0, 0.1) is 0 Å². The van der Waals surface area contributed by atoms with E-state index >= 15 is 0 Å². The van der Waals surface area contributed by atoms with E-state index in [4.69, 9.17) is 0 Å². The second-order valence-electron chi connectivity index (χ2n) is 4.09. The number of allylic oxidation sites excluding steroid dienone is 2. The molecule has 0 unspecified atom stereocenters. The first-order chi connectivity index (χ1) is 9.99. The summed E-state index contributed by atoms with van der Waals surface area (Å²) in [5, 5.41) is 0. The molecule has 114 valence electrons. The predicted molar refractivity (Wildman–Crippen MR) is 80.9 cm³/mol. The van der Waals surface area contributed by atoms with Gasteiger partial charge in [-0.15, -0.1) is 0 Å². The van der Waals surface area contributed by atoms with Crippen LogP contribution >= 0.6 is 0 Å². The highest BCUT2D eigenvalue weighted by molar-refractivity contribution is 7.87. The lowest BCUT2D eigenvalue weighted by atomic mass is 10.4. The Bertz CT molecular complexity index is 602. The summed E-state index contributed by atoms with van der Waals surface area (Å²) in [7, 11) is -4.06. The summed E-state index contributed by atoms with van der Waals surface area (Å²) in [6.07, 6.45) is 5.99. The van der Waals surface area contributed by atoms with Crippen molar-refractivity contribution >= 4 is 16.1 Å². The van der Waals surface area contributed by atoms with E-state index in [9.17, 15) is 13.2 Å². The molecule has 0 heterocycles. The van der Waals surface area contributed by atoms with Crippen LogP contribution in [0.3, 0.4) is 0 Å².